The monoisotopic (exact) mass is 284 g/mol. The second-order valence-corrected chi connectivity index (χ2v) is 2.40. The summed E-state index contributed by atoms with van der Waals surface area (Å²) in [7, 11) is 1.64. The molecule has 5 heteroatoms. The average molecular weight is 285 g/mol. The van der Waals surface area contributed by atoms with Crippen molar-refractivity contribution in [3.05, 3.63) is 30.3 Å². The molecule has 15 heavy (non-hydrogen) atoms. The van der Waals surface area contributed by atoms with Crippen LogP contribution < -0.4 is 21.7 Å². The zero-order valence-electron chi connectivity index (χ0n) is 8.74. The van der Waals surface area contributed by atoms with Crippen LogP contribution in [0.3, 0.4) is 0 Å². The Balaban J connectivity index is 0. The molecule has 80 valence electrons. The molecule has 0 fully saturated rings. The van der Waals surface area contributed by atoms with Crippen molar-refractivity contribution < 1.29 is 31.2 Å². The first-order valence-electron chi connectivity index (χ1n) is 4.09. The first kappa shape index (κ1) is 17.6. The van der Waals surface area contributed by atoms with Crippen molar-refractivity contribution in [1.29, 1.82) is 0 Å². The van der Waals surface area contributed by atoms with E-state index in [2.05, 4.69) is 6.07 Å². The molecule has 1 rings (SSSR count). The van der Waals surface area contributed by atoms with Crippen molar-refractivity contribution in [1.82, 2.24) is 0 Å². The minimum absolute atomic E-state index is 0. The van der Waals surface area contributed by atoms with Gasteiger partial charge in [0, 0.05) is 12.9 Å². The van der Waals surface area contributed by atoms with Gasteiger partial charge in [0.1, 0.15) is 0 Å². The van der Waals surface area contributed by atoms with E-state index >= 15 is 0 Å². The van der Waals surface area contributed by atoms with E-state index in [1.165, 1.54) is 0 Å². The minimum Gasteiger partial charge on any atom is -1.00 e. The molecular weight excluding hydrogens is 272 g/mol. The molecule has 1 aromatic rings. The number of halogens is 1. The second kappa shape index (κ2) is 12.3. The van der Waals surface area contributed by atoms with Crippen LogP contribution in [0, 0.1) is 6.07 Å². The van der Waals surface area contributed by atoms with Crippen LogP contribution in [0.1, 0.15) is 0 Å². The third kappa shape index (κ3) is 9.13. The van der Waals surface area contributed by atoms with E-state index in [0.717, 1.165) is 5.75 Å². The van der Waals surface area contributed by atoms with E-state index in [4.69, 9.17) is 14.2 Å². The molecule has 0 saturated carbocycles. The second-order valence-electron chi connectivity index (χ2n) is 2.40. The number of hydrogen-bond donors (Lipinski definition) is 0. The van der Waals surface area contributed by atoms with Gasteiger partial charge in [0.2, 0.25) is 0 Å². The van der Waals surface area contributed by atoms with Crippen LogP contribution in [0.2, 0.25) is 0 Å². The molecule has 0 aliphatic rings. The molecule has 0 heterocycles. The molecule has 0 radical (unpaired) electrons. The number of ether oxygens (including phenoxy) is 3. The summed E-state index contributed by atoms with van der Waals surface area (Å²) in [5.41, 5.74) is 0. The molecule has 0 amide bonds. The first-order chi connectivity index (χ1) is 6.43. The van der Waals surface area contributed by atoms with Gasteiger partial charge < -0.3 is 31.2 Å². The molecule has 0 atom stereocenters. The molecule has 0 aromatic heterocycles. The van der Waals surface area contributed by atoms with Gasteiger partial charge >= 0.3 is 23.1 Å². The Morgan fingerprint density at radius 3 is 2.47 bits per heavy atom. The van der Waals surface area contributed by atoms with Crippen molar-refractivity contribution in [2.75, 3.05) is 27.1 Å². The van der Waals surface area contributed by atoms with Crippen LogP contribution in [0.25, 0.3) is 0 Å². The van der Waals surface area contributed by atoms with Crippen molar-refractivity contribution >= 4 is 23.1 Å². The Hall–Kier alpha value is 0.186. The maximum absolute atomic E-state index is 5.25. The van der Waals surface area contributed by atoms with Gasteiger partial charge in [0.15, 0.2) is 6.79 Å². The fourth-order valence-electron chi connectivity index (χ4n) is 0.779. The predicted molar refractivity (Wildman–Crippen MR) is 54.4 cm³/mol. The van der Waals surface area contributed by atoms with Crippen LogP contribution in [-0.2, 0) is 9.47 Å². The molecule has 0 aliphatic carbocycles. The summed E-state index contributed by atoms with van der Waals surface area (Å²) in [5.74, 6) is 0.788. The Bertz CT molecular complexity index is 221. The van der Waals surface area contributed by atoms with Crippen LogP contribution in [0.4, 0.5) is 0 Å². The van der Waals surface area contributed by atoms with E-state index in [-0.39, 0.29) is 46.8 Å². The van der Waals surface area contributed by atoms with Crippen LogP contribution in [0.5, 0.6) is 5.75 Å². The number of rotatable bonds is 6. The SMILES string of the molecule is COCCOCOc1cc[c-]cc1.[Br-].[Mg+2]. The third-order valence-electron chi connectivity index (χ3n) is 1.43. The quantitative estimate of drug-likeness (QED) is 0.265. The molecule has 0 unspecified atom stereocenters. The van der Waals surface area contributed by atoms with E-state index in [1.807, 2.05) is 12.1 Å². The van der Waals surface area contributed by atoms with Crippen molar-refractivity contribution in [2.45, 2.75) is 0 Å². The molecule has 0 bridgehead atoms. The van der Waals surface area contributed by atoms with Crippen molar-refractivity contribution in [3.8, 4) is 5.75 Å². The summed E-state index contributed by atoms with van der Waals surface area (Å²) in [6, 6.07) is 10.2. The zero-order chi connectivity index (χ0) is 9.36. The largest absolute Gasteiger partial charge is 2.00 e. The topological polar surface area (TPSA) is 27.7 Å². The smallest absolute Gasteiger partial charge is 1.00 e. The molecule has 0 saturated heterocycles. The summed E-state index contributed by atoms with van der Waals surface area (Å²) in [6.45, 7) is 1.40. The Labute approximate surface area is 117 Å². The van der Waals surface area contributed by atoms with Gasteiger partial charge in [-0.05, 0) is 0 Å². The number of methoxy groups -OCH3 is 1. The van der Waals surface area contributed by atoms with Gasteiger partial charge in [-0.3, -0.25) is 0 Å². The van der Waals surface area contributed by atoms with Gasteiger partial charge in [-0.25, -0.2) is 0 Å². The maximum atomic E-state index is 5.25. The van der Waals surface area contributed by atoms with E-state index in [0.29, 0.717) is 13.2 Å². The fourth-order valence-corrected chi connectivity index (χ4v) is 0.779. The summed E-state index contributed by atoms with van der Waals surface area (Å²) in [4.78, 5) is 0. The average Bonchev–Trinajstić information content (AvgIpc) is 2.19. The molecule has 0 N–H and O–H groups in total. The van der Waals surface area contributed by atoms with Gasteiger partial charge in [0.05, 0.1) is 13.2 Å². The molecular formula is C10H13BrMgO3. The molecule has 1 aromatic carbocycles. The maximum Gasteiger partial charge on any atom is 2.00 e. The van der Waals surface area contributed by atoms with Crippen molar-refractivity contribution in [2.24, 2.45) is 0 Å². The van der Waals surface area contributed by atoms with E-state index in [1.54, 1.807) is 19.2 Å². The molecule has 0 spiro atoms. The summed E-state index contributed by atoms with van der Waals surface area (Å²) < 4.78 is 15.2. The van der Waals surface area contributed by atoms with Gasteiger partial charge in [-0.2, -0.15) is 18.2 Å². The number of benzene rings is 1. The van der Waals surface area contributed by atoms with Gasteiger partial charge in [-0.15, -0.1) is 12.1 Å². The minimum atomic E-state index is 0. The van der Waals surface area contributed by atoms with E-state index in [9.17, 15) is 0 Å². The normalized spacial score (nSPS) is 8.60. The Morgan fingerprint density at radius 2 is 1.87 bits per heavy atom. The van der Waals surface area contributed by atoms with Crippen LogP contribution >= 0.6 is 0 Å². The third-order valence-corrected chi connectivity index (χ3v) is 1.43. The number of hydrogen-bond acceptors (Lipinski definition) is 3. The van der Waals surface area contributed by atoms with Gasteiger partial charge in [-0.1, -0.05) is 0 Å². The predicted octanol–water partition coefficient (Wildman–Crippen LogP) is -1.89. The zero-order valence-corrected chi connectivity index (χ0v) is 11.7. The Kier molecular flexibility index (Phi) is 14.4. The fraction of sp³-hybridized carbons (Fsp3) is 0.400. The Morgan fingerprint density at radius 1 is 1.20 bits per heavy atom. The summed E-state index contributed by atoms with van der Waals surface area (Å²) >= 11 is 0. The van der Waals surface area contributed by atoms with Crippen LogP contribution in [0.15, 0.2) is 24.3 Å². The standard InChI is InChI=1S/C10H13O3.BrH.Mg/c1-11-7-8-12-9-13-10-5-3-2-4-6-10;;/h3-6H,7-9H2,1H3;1H;/q-1;;+2/p-1. The van der Waals surface area contributed by atoms with Crippen LogP contribution in [-0.4, -0.2) is 50.2 Å². The summed E-state index contributed by atoms with van der Waals surface area (Å²) in [6.07, 6.45) is 0. The van der Waals surface area contributed by atoms with Gasteiger partial charge in [0.25, 0.3) is 0 Å². The first-order valence-corrected chi connectivity index (χ1v) is 4.09. The van der Waals surface area contributed by atoms with Crippen molar-refractivity contribution in [3.63, 3.8) is 0 Å². The molecule has 3 nitrogen and oxygen atoms in total. The summed E-state index contributed by atoms with van der Waals surface area (Å²) in [5, 5.41) is 0. The molecule has 0 aliphatic heterocycles. The van der Waals surface area contributed by atoms with E-state index < -0.39 is 0 Å².